The largest absolute Gasteiger partial charge is 0.487 e. The van der Waals surface area contributed by atoms with Crippen molar-refractivity contribution in [1.82, 2.24) is 5.32 Å². The number of nitrogens with one attached hydrogen (secondary N) is 3. The van der Waals surface area contributed by atoms with E-state index in [0.717, 1.165) is 33.4 Å². The van der Waals surface area contributed by atoms with E-state index >= 15 is 0 Å². The number of hydrogen-bond acceptors (Lipinski definition) is 6. The van der Waals surface area contributed by atoms with E-state index in [1.54, 1.807) is 6.07 Å². The van der Waals surface area contributed by atoms with Gasteiger partial charge in [-0.1, -0.05) is 48.5 Å². The summed E-state index contributed by atoms with van der Waals surface area (Å²) in [6, 6.07) is 27.1. The molecule has 2 amide bonds. The zero-order chi connectivity index (χ0) is 26.3. The smallest absolute Gasteiger partial charge is 0.265 e. The van der Waals surface area contributed by atoms with Gasteiger partial charge in [-0.3, -0.25) is 9.59 Å². The fraction of sp³-hybridized carbons (Fsp3) is 0.133. The first kappa shape index (κ1) is 25.5. The monoisotopic (exact) mass is 541 g/mol. The Morgan fingerprint density at radius 3 is 2.47 bits per heavy atom. The van der Waals surface area contributed by atoms with E-state index in [0.29, 0.717) is 34.3 Å². The highest BCUT2D eigenvalue weighted by atomic mass is 32.1. The fourth-order valence-corrected chi connectivity index (χ4v) is 5.70. The van der Waals surface area contributed by atoms with Crippen LogP contribution < -0.4 is 20.7 Å². The van der Waals surface area contributed by atoms with Gasteiger partial charge in [0.1, 0.15) is 11.5 Å². The van der Waals surface area contributed by atoms with Crippen LogP contribution in [0, 0.1) is 0 Å². The lowest BCUT2D eigenvalue weighted by Crippen LogP contribution is -2.22. The Morgan fingerprint density at radius 1 is 0.842 bits per heavy atom. The molecule has 5 rings (SSSR count). The minimum Gasteiger partial charge on any atom is -0.487 e. The van der Waals surface area contributed by atoms with Gasteiger partial charge in [-0.25, -0.2) is 0 Å². The molecule has 3 N–H and O–H groups in total. The summed E-state index contributed by atoms with van der Waals surface area (Å²) in [5.74, 6) is 0.235. The van der Waals surface area contributed by atoms with Gasteiger partial charge in [-0.2, -0.15) is 0 Å². The highest BCUT2D eigenvalue weighted by molar-refractivity contribution is 7.21. The number of carbonyl (C=O) groups excluding carboxylic acids is 2. The summed E-state index contributed by atoms with van der Waals surface area (Å²) < 4.78 is 7.24. The van der Waals surface area contributed by atoms with Crippen LogP contribution in [-0.2, 0) is 13.2 Å². The number of carbonyl (C=O) groups is 2. The molecule has 0 fully saturated rings. The van der Waals surface area contributed by atoms with Crippen LogP contribution >= 0.6 is 22.7 Å². The van der Waals surface area contributed by atoms with Crippen molar-refractivity contribution in [2.75, 3.05) is 17.2 Å². The van der Waals surface area contributed by atoms with Crippen molar-refractivity contribution in [2.45, 2.75) is 20.1 Å². The Morgan fingerprint density at radius 2 is 1.68 bits per heavy atom. The third-order valence-corrected chi connectivity index (χ3v) is 7.86. The predicted octanol–water partition coefficient (Wildman–Crippen LogP) is 7.16. The first-order chi connectivity index (χ1) is 18.6. The summed E-state index contributed by atoms with van der Waals surface area (Å²) in [7, 11) is 0. The van der Waals surface area contributed by atoms with Crippen LogP contribution in [0.3, 0.4) is 0 Å². The highest BCUT2D eigenvalue weighted by Gasteiger charge is 2.21. The van der Waals surface area contributed by atoms with Crippen LogP contribution in [-0.4, -0.2) is 18.4 Å². The molecule has 8 heteroatoms. The van der Waals surface area contributed by atoms with Crippen molar-refractivity contribution < 1.29 is 14.3 Å². The van der Waals surface area contributed by atoms with Crippen molar-refractivity contribution >= 4 is 55.9 Å². The molecule has 3 aromatic carbocycles. The summed E-state index contributed by atoms with van der Waals surface area (Å²) in [6.45, 7) is 3.53. The summed E-state index contributed by atoms with van der Waals surface area (Å²) >= 11 is 2.81. The SMILES string of the molecule is CCNc1ccc2sc(C(=O)NCc3cccc(NC(=O)c4cccs4)c3)c(OCc3ccccc3)c2c1. The quantitative estimate of drug-likeness (QED) is 0.175. The molecule has 0 unspecified atom stereocenters. The van der Waals surface area contributed by atoms with Gasteiger partial charge in [0.25, 0.3) is 11.8 Å². The van der Waals surface area contributed by atoms with E-state index in [4.69, 9.17) is 4.74 Å². The lowest BCUT2D eigenvalue weighted by molar-refractivity contribution is 0.0950. The molecule has 0 aliphatic heterocycles. The maximum Gasteiger partial charge on any atom is 0.265 e. The van der Waals surface area contributed by atoms with Crippen molar-refractivity contribution in [3.63, 3.8) is 0 Å². The van der Waals surface area contributed by atoms with Crippen LogP contribution in [0.1, 0.15) is 37.4 Å². The van der Waals surface area contributed by atoms with Gasteiger partial charge in [-0.15, -0.1) is 22.7 Å². The minimum absolute atomic E-state index is 0.149. The summed E-state index contributed by atoms with van der Waals surface area (Å²) in [5, 5.41) is 12.1. The van der Waals surface area contributed by atoms with Crippen LogP contribution in [0.15, 0.2) is 90.3 Å². The second kappa shape index (κ2) is 11.9. The predicted molar refractivity (Wildman–Crippen MR) is 157 cm³/mol. The number of fused-ring (bicyclic) bond motifs is 1. The van der Waals surface area contributed by atoms with Crippen molar-refractivity contribution in [3.05, 3.63) is 111 Å². The van der Waals surface area contributed by atoms with Crippen molar-refractivity contribution in [1.29, 1.82) is 0 Å². The van der Waals surface area contributed by atoms with Crippen LogP contribution in [0.4, 0.5) is 11.4 Å². The molecule has 0 aliphatic carbocycles. The third kappa shape index (κ3) is 6.04. The molecule has 38 heavy (non-hydrogen) atoms. The molecule has 2 aromatic heterocycles. The molecule has 0 saturated carbocycles. The zero-order valence-corrected chi connectivity index (χ0v) is 22.5. The molecule has 0 aliphatic rings. The zero-order valence-electron chi connectivity index (χ0n) is 20.8. The average Bonchev–Trinajstić information content (AvgIpc) is 3.60. The van der Waals surface area contributed by atoms with Crippen molar-refractivity contribution in [3.8, 4) is 5.75 Å². The van der Waals surface area contributed by atoms with E-state index in [2.05, 4.69) is 16.0 Å². The van der Waals surface area contributed by atoms with Crippen LogP contribution in [0.25, 0.3) is 10.1 Å². The van der Waals surface area contributed by atoms with E-state index in [1.165, 1.54) is 22.7 Å². The molecule has 0 spiro atoms. The molecule has 0 bridgehead atoms. The number of thiophene rings is 2. The lowest BCUT2D eigenvalue weighted by Gasteiger charge is -2.11. The average molecular weight is 542 g/mol. The summed E-state index contributed by atoms with van der Waals surface area (Å²) in [5.41, 5.74) is 3.57. The van der Waals surface area contributed by atoms with Gasteiger partial charge >= 0.3 is 0 Å². The summed E-state index contributed by atoms with van der Waals surface area (Å²) in [4.78, 5) is 27.0. The maximum atomic E-state index is 13.4. The van der Waals surface area contributed by atoms with Gasteiger partial charge in [0.15, 0.2) is 5.75 Å². The Balaban J connectivity index is 1.34. The first-order valence-corrected chi connectivity index (χ1v) is 14.0. The Labute approximate surface area is 229 Å². The van der Waals surface area contributed by atoms with E-state index in [-0.39, 0.29) is 11.8 Å². The highest BCUT2D eigenvalue weighted by Crippen LogP contribution is 2.39. The number of anilines is 2. The van der Waals surface area contributed by atoms with E-state index in [1.807, 2.05) is 91.2 Å². The Bertz CT molecular complexity index is 1550. The topological polar surface area (TPSA) is 79.5 Å². The number of amides is 2. The Kier molecular flexibility index (Phi) is 8.01. The molecule has 0 radical (unpaired) electrons. The second-order valence-corrected chi connectivity index (χ2v) is 10.6. The normalized spacial score (nSPS) is 10.8. The molecule has 2 heterocycles. The Hall–Kier alpha value is -4.14. The lowest BCUT2D eigenvalue weighted by atomic mass is 10.2. The molecule has 0 atom stereocenters. The third-order valence-electron chi connectivity index (χ3n) is 5.84. The first-order valence-electron chi connectivity index (χ1n) is 12.3. The van der Waals surface area contributed by atoms with Gasteiger partial charge in [0.05, 0.1) is 4.88 Å². The number of benzene rings is 3. The summed E-state index contributed by atoms with van der Waals surface area (Å²) in [6.07, 6.45) is 0. The number of ether oxygens (including phenoxy) is 1. The van der Waals surface area contributed by atoms with Crippen molar-refractivity contribution in [2.24, 2.45) is 0 Å². The van der Waals surface area contributed by atoms with Gasteiger partial charge in [0, 0.05) is 34.6 Å². The van der Waals surface area contributed by atoms with Gasteiger partial charge in [-0.05, 0) is 59.8 Å². The number of rotatable bonds is 10. The molecule has 0 saturated heterocycles. The van der Waals surface area contributed by atoms with Gasteiger partial charge in [0.2, 0.25) is 0 Å². The molecule has 5 aromatic rings. The standard InChI is InChI=1S/C30H27N3O3S2/c1-2-31-22-13-14-25-24(17-22)27(36-19-20-8-4-3-5-9-20)28(38-25)30(35)32-18-21-10-6-11-23(16-21)33-29(34)26-12-7-15-37-26/h3-17,31H,2,18-19H2,1H3,(H,32,35)(H,33,34). The molecule has 6 nitrogen and oxygen atoms in total. The minimum atomic E-state index is -0.202. The fourth-order valence-electron chi connectivity index (χ4n) is 4.03. The van der Waals surface area contributed by atoms with E-state index in [9.17, 15) is 9.59 Å². The van der Waals surface area contributed by atoms with E-state index < -0.39 is 0 Å². The maximum absolute atomic E-state index is 13.4. The molecule has 192 valence electrons. The van der Waals surface area contributed by atoms with Crippen LogP contribution in [0.5, 0.6) is 5.75 Å². The molecular formula is C30H27N3O3S2. The number of hydrogen-bond donors (Lipinski definition) is 3. The second-order valence-electron chi connectivity index (χ2n) is 8.59. The molecular weight excluding hydrogens is 514 g/mol. The van der Waals surface area contributed by atoms with Crippen LogP contribution in [0.2, 0.25) is 0 Å². The van der Waals surface area contributed by atoms with Gasteiger partial charge < -0.3 is 20.7 Å².